The van der Waals surface area contributed by atoms with Crippen molar-refractivity contribution in [3.63, 3.8) is 0 Å². The van der Waals surface area contributed by atoms with Crippen molar-refractivity contribution in [1.82, 2.24) is 5.32 Å². The third-order valence-corrected chi connectivity index (χ3v) is 2.63. The number of hydrogen-bond donors (Lipinski definition) is 1. The van der Waals surface area contributed by atoms with Crippen molar-refractivity contribution in [2.24, 2.45) is 0 Å². The first kappa shape index (κ1) is 11.1. The second kappa shape index (κ2) is 4.66. The van der Waals surface area contributed by atoms with E-state index in [2.05, 4.69) is 19.2 Å². The van der Waals surface area contributed by atoms with Crippen LogP contribution in [0.15, 0.2) is 24.3 Å². The van der Waals surface area contributed by atoms with E-state index in [4.69, 9.17) is 4.74 Å². The number of benzene rings is 1. The van der Waals surface area contributed by atoms with Crippen LogP contribution in [0.4, 0.5) is 0 Å². The fourth-order valence-electron chi connectivity index (χ4n) is 1.98. The van der Waals surface area contributed by atoms with Crippen molar-refractivity contribution < 1.29 is 9.53 Å². The van der Waals surface area contributed by atoms with E-state index in [9.17, 15) is 4.79 Å². The molecule has 0 saturated carbocycles. The molecule has 0 aliphatic carbocycles. The molecule has 3 heteroatoms. The number of nitrogens with one attached hydrogen (secondary N) is 1. The summed E-state index contributed by atoms with van der Waals surface area (Å²) in [7, 11) is 0. The summed E-state index contributed by atoms with van der Waals surface area (Å²) in [5.74, 6) is 0.867. The van der Waals surface area contributed by atoms with Crippen LogP contribution in [-0.2, 0) is 0 Å². The number of para-hydroxylation sites is 1. The van der Waals surface area contributed by atoms with Crippen LogP contribution >= 0.6 is 0 Å². The molecule has 2 rings (SSSR count). The number of ketones is 1. The predicted octanol–water partition coefficient (Wildman–Crippen LogP) is 2.02. The van der Waals surface area contributed by atoms with E-state index in [-0.39, 0.29) is 11.8 Å². The zero-order valence-corrected chi connectivity index (χ0v) is 9.69. The molecule has 0 radical (unpaired) electrons. The summed E-state index contributed by atoms with van der Waals surface area (Å²) in [5.41, 5.74) is 0.704. The summed E-state index contributed by atoms with van der Waals surface area (Å²) in [6.07, 6.45) is 0.509. The van der Waals surface area contributed by atoms with E-state index in [1.807, 2.05) is 24.3 Å². The molecule has 1 aliphatic rings. The zero-order valence-electron chi connectivity index (χ0n) is 9.69. The maximum absolute atomic E-state index is 12.0. The fourth-order valence-corrected chi connectivity index (χ4v) is 1.98. The molecular weight excluding hydrogens is 202 g/mol. The standard InChI is InChI=1S/C13H17NO2/c1-9(2)14-10-7-12(15)11-5-3-4-6-13(11)16-8-10/h3-6,9-10,14H,7-8H2,1-2H3. The van der Waals surface area contributed by atoms with Gasteiger partial charge in [-0.15, -0.1) is 0 Å². The maximum Gasteiger partial charge on any atom is 0.168 e. The molecule has 16 heavy (non-hydrogen) atoms. The molecule has 1 atom stereocenters. The first-order valence-electron chi connectivity index (χ1n) is 5.68. The normalized spacial score (nSPS) is 20.2. The van der Waals surface area contributed by atoms with Crippen molar-refractivity contribution in [3.8, 4) is 5.75 Å². The van der Waals surface area contributed by atoms with Gasteiger partial charge in [-0.05, 0) is 12.1 Å². The van der Waals surface area contributed by atoms with Gasteiger partial charge in [0.05, 0.1) is 5.56 Å². The van der Waals surface area contributed by atoms with Gasteiger partial charge in [0, 0.05) is 18.5 Å². The fraction of sp³-hybridized carbons (Fsp3) is 0.462. The first-order chi connectivity index (χ1) is 7.66. The third-order valence-electron chi connectivity index (χ3n) is 2.63. The Morgan fingerprint density at radius 1 is 1.38 bits per heavy atom. The van der Waals surface area contributed by atoms with Crippen LogP contribution in [0, 0.1) is 0 Å². The smallest absolute Gasteiger partial charge is 0.168 e. The summed E-state index contributed by atoms with van der Waals surface area (Å²) in [6.45, 7) is 4.70. The number of Topliss-reactive ketones (excluding diaryl/α,β-unsaturated/α-hetero) is 1. The molecule has 1 heterocycles. The highest BCUT2D eigenvalue weighted by Gasteiger charge is 2.23. The Balaban J connectivity index is 2.16. The molecule has 0 fully saturated rings. The Morgan fingerprint density at radius 3 is 2.88 bits per heavy atom. The lowest BCUT2D eigenvalue weighted by atomic mass is 10.0. The van der Waals surface area contributed by atoms with E-state index in [1.54, 1.807) is 0 Å². The van der Waals surface area contributed by atoms with E-state index >= 15 is 0 Å². The molecule has 0 spiro atoms. The van der Waals surface area contributed by atoms with Gasteiger partial charge in [0.25, 0.3) is 0 Å². The highest BCUT2D eigenvalue weighted by atomic mass is 16.5. The van der Waals surface area contributed by atoms with Crippen LogP contribution in [0.1, 0.15) is 30.6 Å². The molecular formula is C13H17NO2. The quantitative estimate of drug-likeness (QED) is 0.827. The SMILES string of the molecule is CC(C)NC1COc2ccccc2C(=O)C1. The topological polar surface area (TPSA) is 38.3 Å². The van der Waals surface area contributed by atoms with Gasteiger partial charge in [-0.1, -0.05) is 26.0 Å². The van der Waals surface area contributed by atoms with Crippen LogP contribution in [0.3, 0.4) is 0 Å². The van der Waals surface area contributed by atoms with Crippen LogP contribution in [0.25, 0.3) is 0 Å². The summed E-state index contributed by atoms with van der Waals surface area (Å²) in [5, 5.41) is 3.34. The van der Waals surface area contributed by atoms with E-state index in [1.165, 1.54) is 0 Å². The molecule has 86 valence electrons. The number of carbonyl (C=O) groups is 1. The highest BCUT2D eigenvalue weighted by Crippen LogP contribution is 2.23. The van der Waals surface area contributed by atoms with Gasteiger partial charge in [-0.2, -0.15) is 0 Å². The van der Waals surface area contributed by atoms with Crippen LogP contribution in [-0.4, -0.2) is 24.5 Å². The summed E-state index contributed by atoms with van der Waals surface area (Å²) in [6, 6.07) is 7.92. The number of ether oxygens (including phenoxy) is 1. The van der Waals surface area contributed by atoms with Gasteiger partial charge >= 0.3 is 0 Å². The molecule has 1 unspecified atom stereocenters. The number of carbonyl (C=O) groups excluding carboxylic acids is 1. The Bertz CT molecular complexity index is 387. The third kappa shape index (κ3) is 2.42. The van der Waals surface area contributed by atoms with Crippen LogP contribution < -0.4 is 10.1 Å². The molecule has 0 aromatic heterocycles. The molecule has 0 amide bonds. The van der Waals surface area contributed by atoms with Crippen molar-refractivity contribution in [2.75, 3.05) is 6.61 Å². The van der Waals surface area contributed by atoms with Crippen molar-refractivity contribution in [1.29, 1.82) is 0 Å². The van der Waals surface area contributed by atoms with Gasteiger partial charge < -0.3 is 10.1 Å². The lowest BCUT2D eigenvalue weighted by molar-refractivity contribution is 0.0969. The Morgan fingerprint density at radius 2 is 2.12 bits per heavy atom. The number of hydrogen-bond acceptors (Lipinski definition) is 3. The maximum atomic E-state index is 12.0. The summed E-state index contributed by atoms with van der Waals surface area (Å²) in [4.78, 5) is 12.0. The first-order valence-corrected chi connectivity index (χ1v) is 5.68. The molecule has 0 bridgehead atoms. The minimum Gasteiger partial charge on any atom is -0.491 e. The highest BCUT2D eigenvalue weighted by molar-refractivity contribution is 5.99. The van der Waals surface area contributed by atoms with E-state index in [0.717, 1.165) is 0 Å². The van der Waals surface area contributed by atoms with Crippen molar-refractivity contribution in [3.05, 3.63) is 29.8 Å². The number of fused-ring (bicyclic) bond motifs is 1. The predicted molar refractivity (Wildman–Crippen MR) is 62.9 cm³/mol. The van der Waals surface area contributed by atoms with Gasteiger partial charge in [-0.3, -0.25) is 4.79 Å². The summed E-state index contributed by atoms with van der Waals surface area (Å²) >= 11 is 0. The molecule has 3 nitrogen and oxygen atoms in total. The Hall–Kier alpha value is -1.35. The van der Waals surface area contributed by atoms with Gasteiger partial charge in [0.15, 0.2) is 5.78 Å². The van der Waals surface area contributed by atoms with Crippen LogP contribution in [0.5, 0.6) is 5.75 Å². The lowest BCUT2D eigenvalue weighted by Crippen LogP contribution is -2.39. The Kier molecular flexibility index (Phi) is 3.25. The summed E-state index contributed by atoms with van der Waals surface area (Å²) < 4.78 is 5.65. The van der Waals surface area contributed by atoms with E-state index in [0.29, 0.717) is 30.4 Å². The molecule has 1 aromatic rings. The second-order valence-corrected chi connectivity index (χ2v) is 4.45. The van der Waals surface area contributed by atoms with Gasteiger partial charge in [0.2, 0.25) is 0 Å². The molecule has 1 aliphatic heterocycles. The minimum atomic E-state index is 0.111. The second-order valence-electron chi connectivity index (χ2n) is 4.45. The van der Waals surface area contributed by atoms with Crippen molar-refractivity contribution >= 4 is 5.78 Å². The molecule has 0 saturated heterocycles. The lowest BCUT2D eigenvalue weighted by Gasteiger charge is -2.18. The van der Waals surface area contributed by atoms with Crippen molar-refractivity contribution in [2.45, 2.75) is 32.4 Å². The molecule has 1 N–H and O–H groups in total. The monoisotopic (exact) mass is 219 g/mol. The van der Waals surface area contributed by atoms with Gasteiger partial charge in [0.1, 0.15) is 12.4 Å². The average Bonchev–Trinajstić information content (AvgIpc) is 2.39. The average molecular weight is 219 g/mol. The molecule has 1 aromatic carbocycles. The van der Waals surface area contributed by atoms with Crippen LogP contribution in [0.2, 0.25) is 0 Å². The Labute approximate surface area is 95.8 Å². The zero-order chi connectivity index (χ0) is 11.5. The van der Waals surface area contributed by atoms with E-state index < -0.39 is 0 Å². The van der Waals surface area contributed by atoms with Gasteiger partial charge in [-0.25, -0.2) is 0 Å². The largest absolute Gasteiger partial charge is 0.491 e. The number of rotatable bonds is 2. The minimum absolute atomic E-state index is 0.111.